The Morgan fingerprint density at radius 3 is 2.41 bits per heavy atom. The minimum Gasteiger partial charge on any atom is -0.490 e. The van der Waals surface area contributed by atoms with E-state index in [0.29, 0.717) is 24.7 Å². The number of carbonyl (C=O) groups is 2. The van der Waals surface area contributed by atoms with Crippen LogP contribution >= 0.6 is 11.3 Å². The summed E-state index contributed by atoms with van der Waals surface area (Å²) in [4.78, 5) is 28.1. The van der Waals surface area contributed by atoms with Gasteiger partial charge in [-0.05, 0) is 43.0 Å². The second-order valence-corrected chi connectivity index (χ2v) is 9.03. The van der Waals surface area contributed by atoms with Crippen LogP contribution in [0.15, 0.2) is 41.5 Å². The number of carboxylic acids is 1. The smallest absolute Gasteiger partial charge is 0.371 e. The summed E-state index contributed by atoms with van der Waals surface area (Å²) in [5, 5.41) is 10.4. The molecule has 3 aromatic rings. The molecule has 1 aromatic heterocycles. The fourth-order valence-electron chi connectivity index (χ4n) is 3.70. The number of aryl methyl sites for hydroxylation is 1. The number of thiazole rings is 1. The van der Waals surface area contributed by atoms with Crippen LogP contribution in [0.2, 0.25) is 0 Å². The first-order valence-corrected chi connectivity index (χ1v) is 12.4. The van der Waals surface area contributed by atoms with Crippen molar-refractivity contribution in [1.82, 2.24) is 4.98 Å². The van der Waals surface area contributed by atoms with Gasteiger partial charge in [0, 0.05) is 41.9 Å². The number of aromatic nitrogens is 1. The van der Waals surface area contributed by atoms with Crippen LogP contribution in [0.5, 0.6) is 0 Å². The molecule has 0 unspecified atom stereocenters. The fraction of sp³-hybridized carbons (Fsp3) is 0.296. The number of benzene rings is 2. The zero-order valence-corrected chi connectivity index (χ0v) is 21.2. The highest BCUT2D eigenvalue weighted by Gasteiger charge is 2.21. The van der Waals surface area contributed by atoms with E-state index in [4.69, 9.17) is 9.84 Å². The molecule has 10 heteroatoms. The maximum Gasteiger partial charge on any atom is 0.371 e. The minimum absolute atomic E-state index is 0.0665. The molecule has 0 aliphatic rings. The number of unbranched alkanes of at least 4 members (excludes halogenated alkanes) is 3. The molecule has 196 valence electrons. The number of hydrogen-bond donors (Lipinski definition) is 1. The largest absolute Gasteiger partial charge is 0.490 e. The van der Waals surface area contributed by atoms with Gasteiger partial charge in [0.05, 0.1) is 12.8 Å². The Bertz CT molecular complexity index is 1280. The monoisotopic (exact) mass is 533 g/mol. The van der Waals surface area contributed by atoms with Crippen molar-refractivity contribution in [3.05, 3.63) is 80.6 Å². The quantitative estimate of drug-likeness (QED) is 0.120. The molecule has 6 nitrogen and oxygen atoms in total. The maximum atomic E-state index is 15.2. The molecule has 0 aliphatic heterocycles. The lowest BCUT2D eigenvalue weighted by Gasteiger charge is -2.07. The van der Waals surface area contributed by atoms with Gasteiger partial charge < -0.3 is 14.6 Å². The topological polar surface area (TPSA) is 85.7 Å². The number of ether oxygens (including phenoxy) is 2. The highest BCUT2D eigenvalue weighted by atomic mass is 32.1. The van der Waals surface area contributed by atoms with Crippen molar-refractivity contribution in [2.75, 3.05) is 20.8 Å². The summed E-state index contributed by atoms with van der Waals surface area (Å²) in [5.74, 6) is -5.62. The molecule has 0 aliphatic carbocycles. The summed E-state index contributed by atoms with van der Waals surface area (Å²) in [7, 11) is 2.71. The van der Waals surface area contributed by atoms with Gasteiger partial charge in [0.25, 0.3) is 0 Å². The number of rotatable bonds is 13. The second kappa shape index (κ2) is 13.2. The van der Waals surface area contributed by atoms with E-state index < -0.39 is 40.5 Å². The third-order valence-corrected chi connectivity index (χ3v) is 6.49. The molecule has 2 aromatic carbocycles. The van der Waals surface area contributed by atoms with Crippen molar-refractivity contribution < 1.29 is 37.3 Å². The molecular weight excluding hydrogens is 507 g/mol. The van der Waals surface area contributed by atoms with E-state index in [1.54, 1.807) is 25.3 Å². The van der Waals surface area contributed by atoms with Crippen LogP contribution in [0.4, 0.5) is 13.2 Å². The molecule has 1 heterocycles. The third-order valence-electron chi connectivity index (χ3n) is 5.65. The summed E-state index contributed by atoms with van der Waals surface area (Å²) < 4.78 is 53.9. The normalized spacial score (nSPS) is 11.5. The van der Waals surface area contributed by atoms with Gasteiger partial charge in [0.2, 0.25) is 11.5 Å². The average molecular weight is 534 g/mol. The highest BCUT2D eigenvalue weighted by Crippen LogP contribution is 2.29. The van der Waals surface area contributed by atoms with Crippen molar-refractivity contribution in [3.63, 3.8) is 0 Å². The number of carbonyl (C=O) groups excluding carboxylic acids is 1. The predicted molar refractivity (Wildman–Crippen MR) is 134 cm³/mol. The number of hydrogen-bond acceptors (Lipinski definition) is 6. The zero-order chi connectivity index (χ0) is 26.9. The van der Waals surface area contributed by atoms with E-state index in [-0.39, 0.29) is 21.8 Å². The van der Waals surface area contributed by atoms with Crippen molar-refractivity contribution in [2.24, 2.45) is 0 Å². The molecule has 3 rings (SSSR count). The number of carboxylic acid groups (broad SMARTS) is 1. The van der Waals surface area contributed by atoms with Crippen molar-refractivity contribution >= 4 is 29.2 Å². The van der Waals surface area contributed by atoms with Crippen LogP contribution in [-0.2, 0) is 20.7 Å². The first kappa shape index (κ1) is 28.1. The SMILES string of the molecule is COCCCCCCc1cccc(-c2csc(C(=O)c3cc(F)c(/C=C(\OC)C(=O)O)c(F)c3)n2)c1F. The summed E-state index contributed by atoms with van der Waals surface area (Å²) in [6, 6.07) is 6.59. The van der Waals surface area contributed by atoms with Gasteiger partial charge >= 0.3 is 5.97 Å². The number of halogens is 3. The van der Waals surface area contributed by atoms with E-state index in [1.165, 1.54) is 5.38 Å². The van der Waals surface area contributed by atoms with Crippen LogP contribution in [0.1, 0.15) is 52.2 Å². The minimum atomic E-state index is -1.50. The lowest BCUT2D eigenvalue weighted by atomic mass is 10.0. The van der Waals surface area contributed by atoms with Gasteiger partial charge in [-0.2, -0.15) is 0 Å². The molecule has 0 bridgehead atoms. The Labute approximate surface area is 216 Å². The summed E-state index contributed by atoms with van der Waals surface area (Å²) >= 11 is 0.931. The van der Waals surface area contributed by atoms with Crippen molar-refractivity contribution in [3.8, 4) is 11.3 Å². The third kappa shape index (κ3) is 7.05. The average Bonchev–Trinajstić information content (AvgIpc) is 3.36. The fourth-order valence-corrected chi connectivity index (χ4v) is 4.48. The van der Waals surface area contributed by atoms with E-state index in [2.05, 4.69) is 9.72 Å². The number of ketones is 1. The Balaban J connectivity index is 1.78. The molecule has 0 saturated heterocycles. The van der Waals surface area contributed by atoms with E-state index >= 15 is 4.39 Å². The van der Waals surface area contributed by atoms with E-state index in [1.807, 2.05) is 0 Å². The van der Waals surface area contributed by atoms with Gasteiger partial charge in [-0.3, -0.25) is 4.79 Å². The van der Waals surface area contributed by atoms with Crippen LogP contribution in [-0.4, -0.2) is 42.7 Å². The van der Waals surface area contributed by atoms with Crippen molar-refractivity contribution in [1.29, 1.82) is 0 Å². The van der Waals surface area contributed by atoms with Gasteiger partial charge in [0.15, 0.2) is 5.01 Å². The molecular formula is C27H26F3NO5S. The molecule has 0 radical (unpaired) electrons. The van der Waals surface area contributed by atoms with Crippen LogP contribution in [0, 0.1) is 17.5 Å². The zero-order valence-electron chi connectivity index (χ0n) is 20.4. The number of nitrogens with zero attached hydrogens (tertiary/aromatic N) is 1. The molecule has 0 spiro atoms. The lowest BCUT2D eigenvalue weighted by Crippen LogP contribution is -2.06. The van der Waals surface area contributed by atoms with Crippen LogP contribution in [0.25, 0.3) is 17.3 Å². The Hall–Kier alpha value is -3.50. The molecule has 37 heavy (non-hydrogen) atoms. The Kier molecular flexibility index (Phi) is 9.99. The van der Waals surface area contributed by atoms with Gasteiger partial charge in [-0.25, -0.2) is 22.9 Å². The molecule has 1 N–H and O–H groups in total. The van der Waals surface area contributed by atoms with E-state index in [0.717, 1.165) is 56.3 Å². The lowest BCUT2D eigenvalue weighted by molar-refractivity contribution is -0.135. The van der Waals surface area contributed by atoms with Crippen molar-refractivity contribution in [2.45, 2.75) is 32.1 Å². The van der Waals surface area contributed by atoms with E-state index in [9.17, 15) is 18.4 Å². The predicted octanol–water partition coefficient (Wildman–Crippen LogP) is 6.28. The Morgan fingerprint density at radius 2 is 1.76 bits per heavy atom. The Morgan fingerprint density at radius 1 is 1.05 bits per heavy atom. The number of methoxy groups -OCH3 is 2. The summed E-state index contributed by atoms with van der Waals surface area (Å²) in [5.41, 5.74) is 0.0678. The van der Waals surface area contributed by atoms with Crippen LogP contribution < -0.4 is 0 Å². The molecule has 0 saturated carbocycles. The van der Waals surface area contributed by atoms with Gasteiger partial charge in [0.1, 0.15) is 17.5 Å². The van der Waals surface area contributed by atoms with Gasteiger partial charge in [-0.15, -0.1) is 11.3 Å². The first-order valence-electron chi connectivity index (χ1n) is 11.5. The maximum absolute atomic E-state index is 15.2. The second-order valence-electron chi connectivity index (χ2n) is 8.17. The number of aliphatic carboxylic acids is 1. The first-order chi connectivity index (χ1) is 17.8. The summed E-state index contributed by atoms with van der Waals surface area (Å²) in [6.45, 7) is 0.703. The highest BCUT2D eigenvalue weighted by molar-refractivity contribution is 7.12. The van der Waals surface area contributed by atoms with Gasteiger partial charge in [-0.1, -0.05) is 25.0 Å². The molecule has 0 atom stereocenters. The van der Waals surface area contributed by atoms with Crippen LogP contribution in [0.3, 0.4) is 0 Å². The summed E-state index contributed by atoms with van der Waals surface area (Å²) in [6.07, 6.45) is 4.99. The molecule has 0 amide bonds. The standard InChI is InChI=1S/C27H26F3NO5S/c1-35-11-6-4-3-5-8-16-9-7-10-18(24(16)30)22-15-37-26(31-22)25(32)17-12-20(28)19(21(29)13-17)14-23(36-2)27(33)34/h7,9-10,12-15H,3-6,8,11H2,1-2H3,(H,33,34)/b23-14-. The molecule has 0 fully saturated rings.